The van der Waals surface area contributed by atoms with Crippen molar-refractivity contribution in [1.29, 1.82) is 0 Å². The third-order valence-electron chi connectivity index (χ3n) is 6.00. The SMILES string of the molecule is CCCCCCCC(NCC1CCCCCC1O)C(CC)CC. The zero-order chi connectivity index (χ0) is 16.9. The van der Waals surface area contributed by atoms with Crippen LogP contribution in [0, 0.1) is 11.8 Å². The van der Waals surface area contributed by atoms with Crippen LogP contribution in [0.3, 0.4) is 0 Å². The zero-order valence-corrected chi connectivity index (χ0v) is 16.2. The van der Waals surface area contributed by atoms with Gasteiger partial charge in [0.25, 0.3) is 0 Å². The molecule has 0 aliphatic heterocycles. The van der Waals surface area contributed by atoms with Gasteiger partial charge in [0.2, 0.25) is 0 Å². The number of nitrogens with one attached hydrogen (secondary N) is 1. The summed E-state index contributed by atoms with van der Waals surface area (Å²) in [7, 11) is 0. The Balaban J connectivity index is 2.41. The van der Waals surface area contributed by atoms with E-state index in [9.17, 15) is 5.11 Å². The minimum absolute atomic E-state index is 0.0723. The summed E-state index contributed by atoms with van der Waals surface area (Å²) in [5, 5.41) is 14.2. The summed E-state index contributed by atoms with van der Waals surface area (Å²) in [6.07, 6.45) is 16.7. The Kier molecular flexibility index (Phi) is 12.1. The Labute approximate surface area is 145 Å². The van der Waals surface area contributed by atoms with E-state index in [1.165, 1.54) is 77.0 Å². The highest BCUT2D eigenvalue weighted by molar-refractivity contribution is 4.80. The first-order valence-corrected chi connectivity index (χ1v) is 10.6. The summed E-state index contributed by atoms with van der Waals surface area (Å²) in [6.45, 7) is 7.98. The van der Waals surface area contributed by atoms with Gasteiger partial charge in [-0.3, -0.25) is 0 Å². The summed E-state index contributed by atoms with van der Waals surface area (Å²) in [6, 6.07) is 0.655. The molecule has 2 N–H and O–H groups in total. The smallest absolute Gasteiger partial charge is 0.0580 e. The summed E-state index contributed by atoms with van der Waals surface area (Å²) < 4.78 is 0. The number of unbranched alkanes of at least 4 members (excludes halogenated alkanes) is 4. The third kappa shape index (κ3) is 8.54. The topological polar surface area (TPSA) is 32.3 Å². The molecule has 1 aliphatic rings. The van der Waals surface area contributed by atoms with E-state index in [0.29, 0.717) is 12.0 Å². The van der Waals surface area contributed by atoms with Crippen LogP contribution >= 0.6 is 0 Å². The molecule has 0 bridgehead atoms. The Morgan fingerprint density at radius 2 is 1.61 bits per heavy atom. The molecule has 1 rings (SSSR count). The van der Waals surface area contributed by atoms with Gasteiger partial charge in [-0.15, -0.1) is 0 Å². The van der Waals surface area contributed by atoms with Crippen LogP contribution in [0.5, 0.6) is 0 Å². The monoisotopic (exact) mass is 325 g/mol. The van der Waals surface area contributed by atoms with Crippen molar-refractivity contribution in [3.8, 4) is 0 Å². The summed E-state index contributed by atoms with van der Waals surface area (Å²) in [4.78, 5) is 0. The lowest BCUT2D eigenvalue weighted by Gasteiger charge is -2.30. The number of hydrogen-bond donors (Lipinski definition) is 2. The molecule has 3 atom stereocenters. The van der Waals surface area contributed by atoms with Crippen LogP contribution < -0.4 is 5.32 Å². The number of rotatable bonds is 12. The second kappa shape index (κ2) is 13.2. The molecule has 0 heterocycles. The summed E-state index contributed by atoms with van der Waals surface area (Å²) >= 11 is 0. The molecule has 0 saturated heterocycles. The van der Waals surface area contributed by atoms with E-state index in [1.54, 1.807) is 0 Å². The van der Waals surface area contributed by atoms with Crippen LogP contribution in [0.15, 0.2) is 0 Å². The van der Waals surface area contributed by atoms with Gasteiger partial charge in [0.15, 0.2) is 0 Å². The first-order chi connectivity index (χ1) is 11.2. The molecule has 0 aromatic heterocycles. The van der Waals surface area contributed by atoms with Crippen molar-refractivity contribution >= 4 is 0 Å². The van der Waals surface area contributed by atoms with E-state index < -0.39 is 0 Å². The van der Waals surface area contributed by atoms with Crippen molar-refractivity contribution in [3.63, 3.8) is 0 Å². The van der Waals surface area contributed by atoms with Crippen LogP contribution in [0.1, 0.15) is 104 Å². The zero-order valence-electron chi connectivity index (χ0n) is 16.2. The maximum atomic E-state index is 10.3. The molecular formula is C21H43NO. The number of aliphatic hydroxyl groups excluding tert-OH is 1. The van der Waals surface area contributed by atoms with E-state index in [-0.39, 0.29) is 6.10 Å². The maximum Gasteiger partial charge on any atom is 0.0580 e. The van der Waals surface area contributed by atoms with E-state index >= 15 is 0 Å². The molecule has 138 valence electrons. The normalized spacial score (nSPS) is 23.9. The van der Waals surface area contributed by atoms with Gasteiger partial charge >= 0.3 is 0 Å². The van der Waals surface area contributed by atoms with Crippen LogP contribution in [0.2, 0.25) is 0 Å². The van der Waals surface area contributed by atoms with Gasteiger partial charge in [-0.25, -0.2) is 0 Å². The fourth-order valence-corrected chi connectivity index (χ4v) is 4.24. The summed E-state index contributed by atoms with van der Waals surface area (Å²) in [5.41, 5.74) is 0. The van der Waals surface area contributed by atoms with Crippen LogP contribution in [0.4, 0.5) is 0 Å². The van der Waals surface area contributed by atoms with E-state index in [0.717, 1.165) is 18.9 Å². The molecule has 0 aromatic carbocycles. The van der Waals surface area contributed by atoms with Crippen LogP contribution in [-0.2, 0) is 0 Å². The standard InChI is InChI=1S/C21H43NO/c1-4-7-8-9-12-15-20(18(5-2)6-3)22-17-19-14-11-10-13-16-21(19)23/h18-23H,4-17H2,1-3H3. The van der Waals surface area contributed by atoms with Gasteiger partial charge in [0, 0.05) is 12.6 Å². The molecular weight excluding hydrogens is 282 g/mol. The Morgan fingerprint density at radius 3 is 2.30 bits per heavy atom. The van der Waals surface area contributed by atoms with Crippen LogP contribution in [-0.4, -0.2) is 23.8 Å². The molecule has 1 fully saturated rings. The molecule has 23 heavy (non-hydrogen) atoms. The molecule has 2 nitrogen and oxygen atoms in total. The highest BCUT2D eigenvalue weighted by Gasteiger charge is 2.24. The molecule has 3 unspecified atom stereocenters. The van der Waals surface area contributed by atoms with Gasteiger partial charge in [-0.1, -0.05) is 85.0 Å². The molecule has 0 amide bonds. The van der Waals surface area contributed by atoms with Crippen molar-refractivity contribution in [1.82, 2.24) is 5.32 Å². The van der Waals surface area contributed by atoms with Crippen molar-refractivity contribution in [3.05, 3.63) is 0 Å². The molecule has 1 aliphatic carbocycles. The van der Waals surface area contributed by atoms with Crippen molar-refractivity contribution in [2.24, 2.45) is 11.8 Å². The predicted molar refractivity (Wildman–Crippen MR) is 102 cm³/mol. The highest BCUT2D eigenvalue weighted by atomic mass is 16.3. The average molecular weight is 326 g/mol. The first-order valence-electron chi connectivity index (χ1n) is 10.6. The molecule has 0 aromatic rings. The van der Waals surface area contributed by atoms with Crippen molar-refractivity contribution < 1.29 is 5.11 Å². The highest BCUT2D eigenvalue weighted by Crippen LogP contribution is 2.24. The number of hydrogen-bond acceptors (Lipinski definition) is 2. The van der Waals surface area contributed by atoms with Gasteiger partial charge in [-0.05, 0) is 31.1 Å². The largest absolute Gasteiger partial charge is 0.393 e. The lowest BCUT2D eigenvalue weighted by Crippen LogP contribution is -2.41. The lowest BCUT2D eigenvalue weighted by molar-refractivity contribution is 0.0956. The Morgan fingerprint density at radius 1 is 0.913 bits per heavy atom. The molecule has 1 saturated carbocycles. The number of aliphatic hydroxyl groups is 1. The second-order valence-corrected chi connectivity index (χ2v) is 7.76. The van der Waals surface area contributed by atoms with Gasteiger partial charge in [0.05, 0.1) is 6.10 Å². The van der Waals surface area contributed by atoms with Gasteiger partial charge in [0.1, 0.15) is 0 Å². The maximum absolute atomic E-state index is 10.3. The fraction of sp³-hybridized carbons (Fsp3) is 1.00. The van der Waals surface area contributed by atoms with Crippen LogP contribution in [0.25, 0.3) is 0 Å². The molecule has 2 heteroatoms. The Hall–Kier alpha value is -0.0800. The molecule has 0 spiro atoms. The minimum atomic E-state index is -0.0723. The average Bonchev–Trinajstić information content (AvgIpc) is 2.77. The summed E-state index contributed by atoms with van der Waals surface area (Å²) in [5.74, 6) is 1.28. The van der Waals surface area contributed by atoms with Crippen molar-refractivity contribution in [2.75, 3.05) is 6.54 Å². The van der Waals surface area contributed by atoms with E-state index in [2.05, 4.69) is 26.1 Å². The molecule has 0 radical (unpaired) electrons. The lowest BCUT2D eigenvalue weighted by atomic mass is 9.89. The quantitative estimate of drug-likeness (QED) is 0.357. The van der Waals surface area contributed by atoms with E-state index in [4.69, 9.17) is 0 Å². The van der Waals surface area contributed by atoms with Crippen molar-refractivity contribution in [2.45, 2.75) is 116 Å². The first kappa shape index (κ1) is 21.0. The van der Waals surface area contributed by atoms with E-state index in [1.807, 2.05) is 0 Å². The Bertz CT molecular complexity index is 265. The fourth-order valence-electron chi connectivity index (χ4n) is 4.24. The predicted octanol–water partition coefficient (Wildman–Crippen LogP) is 5.68. The van der Waals surface area contributed by atoms with Gasteiger partial charge < -0.3 is 10.4 Å². The second-order valence-electron chi connectivity index (χ2n) is 7.76. The third-order valence-corrected chi connectivity index (χ3v) is 6.00. The minimum Gasteiger partial charge on any atom is -0.393 e. The van der Waals surface area contributed by atoms with Gasteiger partial charge in [-0.2, -0.15) is 0 Å².